The van der Waals surface area contributed by atoms with E-state index in [1.54, 1.807) is 43.0 Å². The van der Waals surface area contributed by atoms with Crippen LogP contribution in [0.3, 0.4) is 0 Å². The minimum absolute atomic E-state index is 0.00135. The number of benzene rings is 2. The molecule has 2 amide bonds. The van der Waals surface area contributed by atoms with Crippen LogP contribution in [0.2, 0.25) is 0 Å². The van der Waals surface area contributed by atoms with Crippen LogP contribution in [0, 0.1) is 19.7 Å². The highest BCUT2D eigenvalue weighted by atomic mass is 32.2. The first-order valence-corrected chi connectivity index (χ1v) is 14.9. The zero-order valence-electron chi connectivity index (χ0n) is 23.2. The summed E-state index contributed by atoms with van der Waals surface area (Å²) in [6.07, 6.45) is 3.89. The third-order valence-corrected chi connectivity index (χ3v) is 8.71. The molecule has 4 rings (SSSR count). The summed E-state index contributed by atoms with van der Waals surface area (Å²) in [5, 5.41) is 2.76. The van der Waals surface area contributed by atoms with Crippen LogP contribution in [0.25, 0.3) is 11.3 Å². The van der Waals surface area contributed by atoms with Crippen molar-refractivity contribution < 1.29 is 22.4 Å². The quantitative estimate of drug-likeness (QED) is 0.357. The molecule has 9 nitrogen and oxygen atoms in total. The van der Waals surface area contributed by atoms with Gasteiger partial charge in [0, 0.05) is 18.2 Å². The summed E-state index contributed by atoms with van der Waals surface area (Å²) in [6, 6.07) is 9.09. The molecule has 0 saturated carbocycles. The molecule has 2 heterocycles. The lowest BCUT2D eigenvalue weighted by Gasteiger charge is -2.34. The molecular weight excluding hydrogens is 533 g/mol. The molecule has 3 N–H and O–H groups in total. The number of halogens is 1. The van der Waals surface area contributed by atoms with Crippen LogP contribution in [0.15, 0.2) is 53.6 Å². The molecule has 0 spiro atoms. The lowest BCUT2D eigenvalue weighted by Crippen LogP contribution is -2.51. The van der Waals surface area contributed by atoms with E-state index in [2.05, 4.69) is 20.0 Å². The van der Waals surface area contributed by atoms with Gasteiger partial charge in [-0.05, 0) is 76.8 Å². The standard InChI is InChI=1S/C29H36FN5O4S/c1-18-8-11-22(12-9-18)40(38,39)34-25(16-27(36)35-14-6-5-7-20(35)3)29(37)32-21(4)28-31-17-26(33-28)23-13-10-19(2)15-24(23)30/h8-13,15,17,20-21,25,34H,5-7,14,16H2,1-4H3,(H,31,33)(H,32,37)/t20-,21-,25-/m0/s1. The average molecular weight is 570 g/mol. The van der Waals surface area contributed by atoms with Crippen molar-refractivity contribution in [3.8, 4) is 11.3 Å². The Labute approximate surface area is 234 Å². The zero-order chi connectivity index (χ0) is 29.0. The molecule has 1 fully saturated rings. The number of nitrogens with one attached hydrogen (secondary N) is 3. The summed E-state index contributed by atoms with van der Waals surface area (Å²) in [4.78, 5) is 35.7. The second-order valence-corrected chi connectivity index (χ2v) is 12.2. The summed E-state index contributed by atoms with van der Waals surface area (Å²) in [5.74, 6) is -0.996. The fourth-order valence-electron chi connectivity index (χ4n) is 4.84. The van der Waals surface area contributed by atoms with E-state index in [9.17, 15) is 22.4 Å². The highest BCUT2D eigenvalue weighted by Crippen LogP contribution is 2.24. The number of aromatic amines is 1. The first-order chi connectivity index (χ1) is 18.9. The van der Waals surface area contributed by atoms with Crippen molar-refractivity contribution in [3.05, 3.63) is 71.4 Å². The molecule has 3 aromatic rings. The number of piperidine rings is 1. The predicted molar refractivity (Wildman–Crippen MR) is 150 cm³/mol. The number of carbonyl (C=O) groups excluding carboxylic acids is 2. The Bertz CT molecular complexity index is 1470. The number of nitrogens with zero attached hydrogens (tertiary/aromatic N) is 2. The Morgan fingerprint density at radius 3 is 2.50 bits per heavy atom. The zero-order valence-corrected chi connectivity index (χ0v) is 24.0. The normalized spacial score (nSPS) is 17.3. The molecule has 40 heavy (non-hydrogen) atoms. The van der Waals surface area contributed by atoms with E-state index in [0.29, 0.717) is 23.6 Å². The van der Waals surface area contributed by atoms with E-state index in [1.165, 1.54) is 24.4 Å². The van der Waals surface area contributed by atoms with Gasteiger partial charge in [0.2, 0.25) is 21.8 Å². The number of sulfonamides is 1. The van der Waals surface area contributed by atoms with Gasteiger partial charge in [-0.15, -0.1) is 0 Å². The molecule has 1 aliphatic rings. The van der Waals surface area contributed by atoms with Crippen LogP contribution < -0.4 is 10.0 Å². The Morgan fingerprint density at radius 2 is 1.82 bits per heavy atom. The molecule has 3 atom stereocenters. The van der Waals surface area contributed by atoms with Crippen molar-refractivity contribution in [3.63, 3.8) is 0 Å². The molecule has 1 saturated heterocycles. The van der Waals surface area contributed by atoms with Gasteiger partial charge in [0.1, 0.15) is 17.7 Å². The van der Waals surface area contributed by atoms with Crippen LogP contribution >= 0.6 is 0 Å². The Kier molecular flexibility index (Phi) is 9.05. The molecule has 1 aromatic heterocycles. The van der Waals surface area contributed by atoms with Crippen LogP contribution in [0.5, 0.6) is 0 Å². The number of likely N-dealkylation sites (tertiary alicyclic amines) is 1. The summed E-state index contributed by atoms with van der Waals surface area (Å²) >= 11 is 0. The number of carbonyl (C=O) groups is 2. The molecule has 0 unspecified atom stereocenters. The number of H-pyrrole nitrogens is 1. The van der Waals surface area contributed by atoms with Crippen LogP contribution in [0.1, 0.15) is 62.5 Å². The molecule has 0 aliphatic carbocycles. The Balaban J connectivity index is 1.53. The SMILES string of the molecule is Cc1ccc(S(=O)(=O)N[C@@H](CC(=O)N2CCCC[C@@H]2C)C(=O)N[C@@H](C)c2ncc(-c3ccc(C)cc3F)[nH]2)cc1. The van der Waals surface area contributed by atoms with Crippen molar-refractivity contribution in [1.29, 1.82) is 0 Å². The van der Waals surface area contributed by atoms with Crippen molar-refractivity contribution in [1.82, 2.24) is 24.9 Å². The number of amides is 2. The maximum Gasteiger partial charge on any atom is 0.241 e. The van der Waals surface area contributed by atoms with E-state index in [0.717, 1.165) is 30.4 Å². The van der Waals surface area contributed by atoms with Crippen LogP contribution in [-0.4, -0.2) is 53.7 Å². The molecule has 11 heteroatoms. The Morgan fingerprint density at radius 1 is 1.12 bits per heavy atom. The lowest BCUT2D eigenvalue weighted by atomic mass is 10.0. The summed E-state index contributed by atoms with van der Waals surface area (Å²) in [5.41, 5.74) is 2.46. The van der Waals surface area contributed by atoms with Crippen molar-refractivity contribution >= 4 is 21.8 Å². The van der Waals surface area contributed by atoms with Gasteiger partial charge in [-0.25, -0.2) is 17.8 Å². The third kappa shape index (κ3) is 6.95. The smallest absolute Gasteiger partial charge is 0.241 e. The lowest BCUT2D eigenvalue weighted by molar-refractivity contribution is -0.137. The van der Waals surface area contributed by atoms with Crippen molar-refractivity contribution in [2.75, 3.05) is 6.54 Å². The van der Waals surface area contributed by atoms with Crippen molar-refractivity contribution in [2.24, 2.45) is 0 Å². The molecular formula is C29H36FN5O4S. The summed E-state index contributed by atoms with van der Waals surface area (Å²) < 4.78 is 43.3. The number of rotatable bonds is 9. The second kappa shape index (κ2) is 12.3. The van der Waals surface area contributed by atoms with Crippen LogP contribution in [0.4, 0.5) is 4.39 Å². The highest BCUT2D eigenvalue weighted by Gasteiger charge is 2.32. The van der Waals surface area contributed by atoms with Gasteiger partial charge in [0.25, 0.3) is 0 Å². The fourth-order valence-corrected chi connectivity index (χ4v) is 6.03. The largest absolute Gasteiger partial charge is 0.345 e. The maximum absolute atomic E-state index is 14.5. The number of aromatic nitrogens is 2. The maximum atomic E-state index is 14.5. The van der Waals surface area contributed by atoms with E-state index in [-0.39, 0.29) is 23.3 Å². The monoisotopic (exact) mass is 569 g/mol. The highest BCUT2D eigenvalue weighted by molar-refractivity contribution is 7.89. The summed E-state index contributed by atoms with van der Waals surface area (Å²) in [6.45, 7) is 7.83. The van der Waals surface area contributed by atoms with Gasteiger partial charge in [-0.3, -0.25) is 9.59 Å². The topological polar surface area (TPSA) is 124 Å². The van der Waals surface area contributed by atoms with Crippen molar-refractivity contribution in [2.45, 2.75) is 76.4 Å². The van der Waals surface area contributed by atoms with Gasteiger partial charge in [0.05, 0.1) is 29.2 Å². The van der Waals surface area contributed by atoms with Gasteiger partial charge in [-0.2, -0.15) is 4.72 Å². The van der Waals surface area contributed by atoms with E-state index in [1.807, 2.05) is 13.8 Å². The molecule has 0 radical (unpaired) electrons. The van der Waals surface area contributed by atoms with E-state index in [4.69, 9.17) is 0 Å². The van der Waals surface area contributed by atoms with Gasteiger partial charge in [0.15, 0.2) is 0 Å². The number of hydrogen-bond acceptors (Lipinski definition) is 5. The first kappa shape index (κ1) is 29.4. The molecule has 0 bridgehead atoms. The number of aryl methyl sites for hydroxylation is 2. The average Bonchev–Trinajstić information content (AvgIpc) is 3.39. The molecule has 214 valence electrons. The predicted octanol–water partition coefficient (Wildman–Crippen LogP) is 4.15. The van der Waals surface area contributed by atoms with E-state index >= 15 is 0 Å². The third-order valence-electron chi connectivity index (χ3n) is 7.23. The number of hydrogen-bond donors (Lipinski definition) is 3. The summed E-state index contributed by atoms with van der Waals surface area (Å²) in [7, 11) is -4.10. The first-order valence-electron chi connectivity index (χ1n) is 13.4. The minimum atomic E-state index is -4.10. The minimum Gasteiger partial charge on any atom is -0.345 e. The fraction of sp³-hybridized carbons (Fsp3) is 0.414. The van der Waals surface area contributed by atoms with Crippen LogP contribution in [-0.2, 0) is 19.6 Å². The van der Waals surface area contributed by atoms with E-state index < -0.39 is 33.8 Å². The Hall–Kier alpha value is -3.57. The number of imidazole rings is 1. The van der Waals surface area contributed by atoms with Gasteiger partial charge in [-0.1, -0.05) is 23.8 Å². The molecule has 1 aliphatic heterocycles. The van der Waals surface area contributed by atoms with Gasteiger partial charge >= 0.3 is 0 Å². The molecule has 2 aromatic carbocycles. The second-order valence-electron chi connectivity index (χ2n) is 10.5. The van der Waals surface area contributed by atoms with Gasteiger partial charge < -0.3 is 15.2 Å².